The topological polar surface area (TPSA) is 31.2 Å². The van der Waals surface area contributed by atoms with Crippen molar-refractivity contribution in [2.45, 2.75) is 26.7 Å². The van der Waals surface area contributed by atoms with Crippen LogP contribution >= 0.6 is 11.6 Å². The number of hydrogen-bond acceptors (Lipinski definition) is 2. The second kappa shape index (κ2) is 4.92. The van der Waals surface area contributed by atoms with Gasteiger partial charge in [0.05, 0.1) is 12.1 Å². The van der Waals surface area contributed by atoms with Crippen molar-refractivity contribution in [3.05, 3.63) is 46.7 Å². The van der Waals surface area contributed by atoms with E-state index in [1.54, 1.807) is 7.11 Å². The van der Waals surface area contributed by atoms with E-state index in [1.165, 1.54) is 0 Å². The highest BCUT2D eigenvalue weighted by atomic mass is 35.5. The first-order chi connectivity index (χ1) is 9.91. The van der Waals surface area contributed by atoms with Gasteiger partial charge in [0.15, 0.2) is 5.78 Å². The van der Waals surface area contributed by atoms with E-state index in [1.807, 2.05) is 30.5 Å². The summed E-state index contributed by atoms with van der Waals surface area (Å²) in [7, 11) is 1.60. The van der Waals surface area contributed by atoms with Gasteiger partial charge in [-0.2, -0.15) is 0 Å². The summed E-state index contributed by atoms with van der Waals surface area (Å²) in [6, 6.07) is 7.57. The van der Waals surface area contributed by atoms with Crippen LogP contribution in [0.25, 0.3) is 5.69 Å². The van der Waals surface area contributed by atoms with Crippen LogP contribution in [0.4, 0.5) is 0 Å². The Hall–Kier alpha value is -1.74. The highest BCUT2D eigenvalue weighted by Gasteiger charge is 2.33. The van der Waals surface area contributed by atoms with Crippen molar-refractivity contribution in [2.75, 3.05) is 7.11 Å². The Morgan fingerprint density at radius 2 is 2.00 bits per heavy atom. The van der Waals surface area contributed by atoms with Gasteiger partial charge in [-0.25, -0.2) is 0 Å². The lowest BCUT2D eigenvalue weighted by molar-refractivity contribution is 0.0911. The molecule has 0 radical (unpaired) electrons. The zero-order chi connectivity index (χ0) is 15.2. The molecule has 0 fully saturated rings. The van der Waals surface area contributed by atoms with Crippen molar-refractivity contribution in [1.82, 2.24) is 4.57 Å². The maximum atomic E-state index is 12.3. The van der Waals surface area contributed by atoms with Crippen LogP contribution in [-0.2, 0) is 6.42 Å². The molecular weight excluding hydrogens is 286 g/mol. The van der Waals surface area contributed by atoms with Crippen molar-refractivity contribution in [2.24, 2.45) is 5.41 Å². The molecule has 0 atom stereocenters. The SMILES string of the molecule is COc1cc(-n2ccc3c2CC(C)(C)CC3=O)ccc1Cl. The van der Waals surface area contributed by atoms with E-state index in [0.717, 1.165) is 23.4 Å². The molecule has 1 aliphatic rings. The Labute approximate surface area is 129 Å². The number of ketones is 1. The van der Waals surface area contributed by atoms with Crippen molar-refractivity contribution in [1.29, 1.82) is 0 Å². The number of ether oxygens (including phenoxy) is 1. The molecule has 3 rings (SSSR count). The van der Waals surface area contributed by atoms with E-state index < -0.39 is 0 Å². The summed E-state index contributed by atoms with van der Waals surface area (Å²) in [6.45, 7) is 4.27. The van der Waals surface area contributed by atoms with Gasteiger partial charge in [0.1, 0.15) is 5.75 Å². The Morgan fingerprint density at radius 3 is 2.71 bits per heavy atom. The highest BCUT2D eigenvalue weighted by Crippen LogP contribution is 2.37. The Morgan fingerprint density at radius 1 is 1.24 bits per heavy atom. The fraction of sp³-hybridized carbons (Fsp3) is 0.353. The second-order valence-electron chi connectivity index (χ2n) is 6.31. The third kappa shape index (κ3) is 2.46. The maximum absolute atomic E-state index is 12.3. The molecule has 1 aromatic carbocycles. The lowest BCUT2D eigenvalue weighted by atomic mass is 9.76. The summed E-state index contributed by atoms with van der Waals surface area (Å²) in [6.07, 6.45) is 3.44. The molecule has 0 aliphatic heterocycles. The van der Waals surface area contributed by atoms with Crippen molar-refractivity contribution in [3.63, 3.8) is 0 Å². The molecule has 0 saturated carbocycles. The molecule has 0 bridgehead atoms. The average molecular weight is 304 g/mol. The van der Waals surface area contributed by atoms with E-state index in [4.69, 9.17) is 16.3 Å². The summed E-state index contributed by atoms with van der Waals surface area (Å²) < 4.78 is 7.34. The lowest BCUT2D eigenvalue weighted by Crippen LogP contribution is -2.27. The summed E-state index contributed by atoms with van der Waals surface area (Å²) in [4.78, 5) is 12.3. The number of aromatic nitrogens is 1. The Kier molecular flexibility index (Phi) is 3.33. The van der Waals surface area contributed by atoms with E-state index in [0.29, 0.717) is 17.2 Å². The summed E-state index contributed by atoms with van der Waals surface area (Å²) in [5, 5.41) is 0.582. The van der Waals surface area contributed by atoms with Crippen LogP contribution in [0.15, 0.2) is 30.5 Å². The number of methoxy groups -OCH3 is 1. The van der Waals surface area contributed by atoms with Gasteiger partial charge in [0.2, 0.25) is 0 Å². The first-order valence-corrected chi connectivity index (χ1v) is 7.36. The van der Waals surface area contributed by atoms with Crippen LogP contribution in [0.1, 0.15) is 36.3 Å². The molecule has 21 heavy (non-hydrogen) atoms. The number of halogens is 1. The fourth-order valence-electron chi connectivity index (χ4n) is 2.99. The number of benzene rings is 1. The third-order valence-corrected chi connectivity index (χ3v) is 4.30. The first kappa shape index (κ1) is 14.2. The minimum Gasteiger partial charge on any atom is -0.495 e. The molecule has 1 heterocycles. The summed E-state index contributed by atoms with van der Waals surface area (Å²) >= 11 is 6.08. The zero-order valence-electron chi connectivity index (χ0n) is 12.4. The van der Waals surface area contributed by atoms with Gasteiger partial charge in [0, 0.05) is 35.6 Å². The molecule has 1 aromatic heterocycles. The number of fused-ring (bicyclic) bond motifs is 1. The standard InChI is InChI=1S/C17H18ClNO2/c1-17(2)9-14-12(15(20)10-17)6-7-19(14)11-4-5-13(18)16(8-11)21-3/h4-8H,9-10H2,1-3H3. The van der Waals surface area contributed by atoms with Gasteiger partial charge >= 0.3 is 0 Å². The van der Waals surface area contributed by atoms with Crippen molar-refractivity contribution < 1.29 is 9.53 Å². The number of carbonyl (C=O) groups excluding carboxylic acids is 1. The van der Waals surface area contributed by atoms with E-state index in [-0.39, 0.29) is 11.2 Å². The van der Waals surface area contributed by atoms with Crippen LogP contribution in [0.5, 0.6) is 5.75 Å². The van der Waals surface area contributed by atoms with Crippen LogP contribution in [0, 0.1) is 5.41 Å². The molecule has 0 amide bonds. The minimum atomic E-state index is -0.00328. The predicted octanol–water partition coefficient (Wildman–Crippen LogP) is 4.29. The number of carbonyl (C=O) groups is 1. The monoisotopic (exact) mass is 303 g/mol. The van der Waals surface area contributed by atoms with Crippen LogP contribution in [-0.4, -0.2) is 17.5 Å². The first-order valence-electron chi connectivity index (χ1n) is 6.99. The van der Waals surface area contributed by atoms with Crippen molar-refractivity contribution >= 4 is 17.4 Å². The number of nitrogens with zero attached hydrogens (tertiary/aromatic N) is 1. The second-order valence-corrected chi connectivity index (χ2v) is 6.71. The number of hydrogen-bond donors (Lipinski definition) is 0. The average Bonchev–Trinajstić information content (AvgIpc) is 2.82. The fourth-order valence-corrected chi connectivity index (χ4v) is 3.18. The smallest absolute Gasteiger partial charge is 0.165 e. The van der Waals surface area contributed by atoms with Gasteiger partial charge in [-0.1, -0.05) is 25.4 Å². The number of Topliss-reactive ketones (excluding diaryl/α,β-unsaturated/α-hetero) is 1. The molecule has 4 heteroatoms. The van der Waals surface area contributed by atoms with Gasteiger partial charge in [-0.15, -0.1) is 0 Å². The quantitative estimate of drug-likeness (QED) is 0.828. The molecule has 2 aromatic rings. The summed E-state index contributed by atoms with van der Waals surface area (Å²) in [5.41, 5.74) is 2.86. The molecule has 0 N–H and O–H groups in total. The molecule has 0 spiro atoms. The maximum Gasteiger partial charge on any atom is 0.165 e. The largest absolute Gasteiger partial charge is 0.495 e. The van der Waals surface area contributed by atoms with Gasteiger partial charge in [-0.3, -0.25) is 4.79 Å². The molecular formula is C17H18ClNO2. The molecule has 3 nitrogen and oxygen atoms in total. The van der Waals surface area contributed by atoms with Gasteiger partial charge in [-0.05, 0) is 30.0 Å². The minimum absolute atomic E-state index is 0.00328. The third-order valence-electron chi connectivity index (χ3n) is 3.99. The predicted molar refractivity (Wildman–Crippen MR) is 83.8 cm³/mol. The van der Waals surface area contributed by atoms with Crippen LogP contribution in [0.2, 0.25) is 5.02 Å². The van der Waals surface area contributed by atoms with E-state index in [9.17, 15) is 4.79 Å². The Balaban J connectivity index is 2.11. The highest BCUT2D eigenvalue weighted by molar-refractivity contribution is 6.32. The van der Waals surface area contributed by atoms with Gasteiger partial charge < -0.3 is 9.30 Å². The molecule has 110 valence electrons. The van der Waals surface area contributed by atoms with Gasteiger partial charge in [0.25, 0.3) is 0 Å². The Bertz CT molecular complexity index is 716. The normalized spacial score (nSPS) is 16.7. The van der Waals surface area contributed by atoms with Crippen molar-refractivity contribution in [3.8, 4) is 11.4 Å². The van der Waals surface area contributed by atoms with E-state index >= 15 is 0 Å². The zero-order valence-corrected chi connectivity index (χ0v) is 13.2. The van der Waals surface area contributed by atoms with Crippen LogP contribution in [0.3, 0.4) is 0 Å². The molecule has 1 aliphatic carbocycles. The van der Waals surface area contributed by atoms with E-state index in [2.05, 4.69) is 18.4 Å². The number of rotatable bonds is 2. The van der Waals surface area contributed by atoms with Crippen LogP contribution < -0.4 is 4.74 Å². The lowest BCUT2D eigenvalue weighted by Gasteiger charge is -2.29. The molecule has 0 saturated heterocycles. The summed E-state index contributed by atoms with van der Waals surface area (Å²) in [5.74, 6) is 0.860. The molecule has 0 unspecified atom stereocenters.